The Bertz CT molecular complexity index is 1180. The summed E-state index contributed by atoms with van der Waals surface area (Å²) < 4.78 is 28.0. The Labute approximate surface area is 194 Å². The van der Waals surface area contributed by atoms with Crippen molar-refractivity contribution in [2.45, 2.75) is 12.5 Å². The molecule has 0 aliphatic heterocycles. The molecule has 3 aromatic rings. The van der Waals surface area contributed by atoms with Crippen LogP contribution in [0.25, 0.3) is 5.70 Å². The summed E-state index contributed by atoms with van der Waals surface area (Å²) in [5, 5.41) is 20.3. The summed E-state index contributed by atoms with van der Waals surface area (Å²) in [6.07, 6.45) is 1.86. The summed E-state index contributed by atoms with van der Waals surface area (Å²) in [6.45, 7) is -0.367. The van der Waals surface area contributed by atoms with E-state index in [1.807, 2.05) is 0 Å². The lowest BCUT2D eigenvalue weighted by Gasteiger charge is -2.18. The smallest absolute Gasteiger partial charge is 0.252 e. The van der Waals surface area contributed by atoms with Crippen molar-refractivity contribution in [3.8, 4) is 0 Å². The number of amides is 1. The van der Waals surface area contributed by atoms with Gasteiger partial charge in [-0.2, -0.15) is 0 Å². The van der Waals surface area contributed by atoms with E-state index in [2.05, 4.69) is 10.3 Å². The Morgan fingerprint density at radius 2 is 1.85 bits per heavy atom. The van der Waals surface area contributed by atoms with E-state index in [1.165, 1.54) is 24.3 Å². The number of pyridine rings is 1. The summed E-state index contributed by atoms with van der Waals surface area (Å²) in [5.74, 6) is -1.98. The minimum absolute atomic E-state index is 0.114. The molecule has 0 fully saturated rings. The molecule has 0 aliphatic carbocycles. The summed E-state index contributed by atoms with van der Waals surface area (Å²) in [4.78, 5) is 17.1. The molecule has 0 aliphatic rings. The van der Waals surface area contributed by atoms with E-state index in [0.717, 1.165) is 18.2 Å². The fourth-order valence-electron chi connectivity index (χ4n) is 3.17. The second kappa shape index (κ2) is 10.8. The molecule has 0 radical (unpaired) electrons. The summed E-state index contributed by atoms with van der Waals surface area (Å²) >= 11 is 6.27. The standard InChI is InChI=1S/C24H21ClF2N4O2/c25-21(22(28)14-7-9-15(26)10-8-14)23(29)20-18(5-3-6-19(20)27)24(33)31-17(13-32)12-16-4-1-2-11-30-16/h1-11,17,28,32H,12-13,29H2,(H,31,33)/t17-/m1/s1. The molecule has 6 nitrogen and oxygen atoms in total. The molecule has 5 N–H and O–H groups in total. The number of aliphatic hydroxyl groups excluding tert-OH is 1. The van der Waals surface area contributed by atoms with Crippen LogP contribution in [-0.2, 0) is 6.42 Å². The van der Waals surface area contributed by atoms with Gasteiger partial charge >= 0.3 is 0 Å². The Morgan fingerprint density at radius 1 is 1.12 bits per heavy atom. The topological polar surface area (TPSA) is 112 Å². The molecule has 0 unspecified atom stereocenters. The number of nitrogens with two attached hydrogens (primary N) is 1. The third-order valence-corrected chi connectivity index (χ3v) is 5.25. The molecule has 33 heavy (non-hydrogen) atoms. The van der Waals surface area contributed by atoms with Gasteiger partial charge in [-0.05, 0) is 48.5 Å². The van der Waals surface area contributed by atoms with E-state index in [9.17, 15) is 18.7 Å². The first-order valence-electron chi connectivity index (χ1n) is 9.92. The normalized spacial score (nSPS) is 12.6. The predicted molar refractivity (Wildman–Crippen MR) is 123 cm³/mol. The average molecular weight is 471 g/mol. The van der Waals surface area contributed by atoms with Crippen LogP contribution < -0.4 is 11.1 Å². The molecule has 3 rings (SSSR count). The second-order valence-electron chi connectivity index (χ2n) is 7.15. The first-order valence-corrected chi connectivity index (χ1v) is 10.3. The van der Waals surface area contributed by atoms with Gasteiger partial charge in [0, 0.05) is 29.4 Å². The third kappa shape index (κ3) is 5.79. The van der Waals surface area contributed by atoms with Gasteiger partial charge in [0.2, 0.25) is 0 Å². The average Bonchev–Trinajstić information content (AvgIpc) is 2.83. The van der Waals surface area contributed by atoms with Crippen molar-refractivity contribution in [3.05, 3.63) is 106 Å². The van der Waals surface area contributed by atoms with Gasteiger partial charge in [-0.1, -0.05) is 23.7 Å². The maximum absolute atomic E-state index is 14.8. The molecule has 170 valence electrons. The lowest BCUT2D eigenvalue weighted by Crippen LogP contribution is -2.39. The van der Waals surface area contributed by atoms with Crippen molar-refractivity contribution in [1.29, 1.82) is 5.41 Å². The van der Waals surface area contributed by atoms with E-state index < -0.39 is 23.6 Å². The Kier molecular flexibility index (Phi) is 7.87. The van der Waals surface area contributed by atoms with Gasteiger partial charge in [-0.25, -0.2) is 8.78 Å². The van der Waals surface area contributed by atoms with Crippen LogP contribution in [0.4, 0.5) is 8.78 Å². The van der Waals surface area contributed by atoms with Crippen LogP contribution in [0.2, 0.25) is 0 Å². The zero-order chi connectivity index (χ0) is 24.0. The van der Waals surface area contributed by atoms with Gasteiger partial charge in [0.1, 0.15) is 11.6 Å². The maximum atomic E-state index is 14.8. The zero-order valence-corrected chi connectivity index (χ0v) is 18.1. The molecule has 0 saturated carbocycles. The predicted octanol–water partition coefficient (Wildman–Crippen LogP) is 3.63. The van der Waals surface area contributed by atoms with E-state index in [4.69, 9.17) is 22.7 Å². The van der Waals surface area contributed by atoms with Gasteiger partial charge in [-0.3, -0.25) is 15.2 Å². The number of hydrogen-bond acceptors (Lipinski definition) is 5. The van der Waals surface area contributed by atoms with Crippen LogP contribution in [0.1, 0.15) is 27.2 Å². The van der Waals surface area contributed by atoms with E-state index in [-0.39, 0.29) is 46.2 Å². The van der Waals surface area contributed by atoms with Crippen molar-refractivity contribution in [2.24, 2.45) is 5.73 Å². The number of nitrogens with one attached hydrogen (secondary N) is 2. The molecular formula is C24H21ClF2N4O2. The highest BCUT2D eigenvalue weighted by Crippen LogP contribution is 2.26. The minimum Gasteiger partial charge on any atom is -0.397 e. The van der Waals surface area contributed by atoms with Crippen molar-refractivity contribution in [3.63, 3.8) is 0 Å². The van der Waals surface area contributed by atoms with E-state index in [0.29, 0.717) is 5.69 Å². The van der Waals surface area contributed by atoms with Crippen LogP contribution in [0.15, 0.2) is 71.9 Å². The number of rotatable bonds is 8. The van der Waals surface area contributed by atoms with Crippen molar-refractivity contribution >= 4 is 28.9 Å². The SMILES string of the molecule is N=C(C(Cl)=C(N)c1c(F)cccc1C(=O)N[C@@H](CO)Cc1ccccn1)c1ccc(F)cc1. The summed E-state index contributed by atoms with van der Waals surface area (Å²) in [6, 6.07) is 13.4. The molecule has 1 heterocycles. The summed E-state index contributed by atoms with van der Waals surface area (Å²) in [5.41, 5.74) is 6.04. The monoisotopic (exact) mass is 470 g/mol. The summed E-state index contributed by atoms with van der Waals surface area (Å²) in [7, 11) is 0. The van der Waals surface area contributed by atoms with Crippen molar-refractivity contribution in [1.82, 2.24) is 10.3 Å². The van der Waals surface area contributed by atoms with Crippen molar-refractivity contribution < 1.29 is 18.7 Å². The number of nitrogens with zero attached hydrogens (tertiary/aromatic N) is 1. The number of benzene rings is 2. The largest absolute Gasteiger partial charge is 0.397 e. The van der Waals surface area contributed by atoms with Crippen LogP contribution >= 0.6 is 11.6 Å². The molecule has 1 atom stereocenters. The molecule has 0 spiro atoms. The van der Waals surface area contributed by atoms with Gasteiger partial charge in [0.05, 0.1) is 34.7 Å². The fraction of sp³-hybridized carbons (Fsp3) is 0.125. The van der Waals surface area contributed by atoms with Crippen LogP contribution in [0, 0.1) is 17.0 Å². The van der Waals surface area contributed by atoms with Crippen LogP contribution in [0.3, 0.4) is 0 Å². The van der Waals surface area contributed by atoms with Crippen molar-refractivity contribution in [2.75, 3.05) is 6.61 Å². The lowest BCUT2D eigenvalue weighted by atomic mass is 10.00. The first kappa shape index (κ1) is 24.0. The highest BCUT2D eigenvalue weighted by molar-refractivity contribution is 6.48. The van der Waals surface area contributed by atoms with Gasteiger partial charge in [0.25, 0.3) is 5.91 Å². The van der Waals surface area contributed by atoms with Gasteiger partial charge in [0.15, 0.2) is 0 Å². The van der Waals surface area contributed by atoms with Crippen LogP contribution in [-0.4, -0.2) is 34.4 Å². The molecule has 2 aromatic carbocycles. The van der Waals surface area contributed by atoms with E-state index in [1.54, 1.807) is 24.4 Å². The quantitative estimate of drug-likeness (QED) is 0.376. The molecule has 0 saturated heterocycles. The lowest BCUT2D eigenvalue weighted by molar-refractivity contribution is 0.0915. The van der Waals surface area contributed by atoms with Gasteiger partial charge < -0.3 is 16.2 Å². The molecule has 0 bridgehead atoms. The molecule has 9 heteroatoms. The highest BCUT2D eigenvalue weighted by atomic mass is 35.5. The Balaban J connectivity index is 1.91. The number of allylic oxidation sites excluding steroid dienone is 1. The second-order valence-corrected chi connectivity index (χ2v) is 7.53. The number of aliphatic hydroxyl groups is 1. The minimum atomic E-state index is -0.810. The number of hydrogen-bond donors (Lipinski definition) is 4. The molecule has 1 amide bonds. The third-order valence-electron chi connectivity index (χ3n) is 4.85. The molecule has 1 aromatic heterocycles. The van der Waals surface area contributed by atoms with Gasteiger partial charge in [-0.15, -0.1) is 0 Å². The maximum Gasteiger partial charge on any atom is 0.252 e. The van der Waals surface area contributed by atoms with E-state index >= 15 is 0 Å². The number of halogens is 3. The van der Waals surface area contributed by atoms with Crippen LogP contribution in [0.5, 0.6) is 0 Å². The number of carbonyl (C=O) groups excluding carboxylic acids is 1. The zero-order valence-electron chi connectivity index (χ0n) is 17.4. The number of aromatic nitrogens is 1. The fourth-order valence-corrected chi connectivity index (χ4v) is 3.37. The first-order chi connectivity index (χ1) is 15.8. The molecular weight excluding hydrogens is 450 g/mol. The number of carbonyl (C=O) groups is 1. The Hall–Kier alpha value is -3.62. The highest BCUT2D eigenvalue weighted by Gasteiger charge is 2.23. The Morgan fingerprint density at radius 3 is 2.48 bits per heavy atom.